The van der Waals surface area contributed by atoms with E-state index in [1.165, 1.54) is 12.5 Å². The normalized spacial score (nSPS) is 17.1. The van der Waals surface area contributed by atoms with Crippen molar-refractivity contribution in [1.29, 1.82) is 0 Å². The zero-order chi connectivity index (χ0) is 24.6. The van der Waals surface area contributed by atoms with Gasteiger partial charge < -0.3 is 19.9 Å². The number of hydrogen-bond acceptors (Lipinski definition) is 6. The second-order valence-electron chi connectivity index (χ2n) is 9.17. The number of piperidine rings is 1. The Morgan fingerprint density at radius 3 is 2.46 bits per heavy atom. The summed E-state index contributed by atoms with van der Waals surface area (Å²) in [6.45, 7) is 2.41. The van der Waals surface area contributed by atoms with Crippen molar-refractivity contribution in [2.75, 3.05) is 38.6 Å². The summed E-state index contributed by atoms with van der Waals surface area (Å²) >= 11 is 0.905. The number of amides is 3. The van der Waals surface area contributed by atoms with Gasteiger partial charge in [-0.1, -0.05) is 47.7 Å². The molecule has 3 heterocycles. The number of methoxy groups -OCH3 is 1. The molecule has 35 heavy (non-hydrogen) atoms. The predicted octanol–water partition coefficient (Wildman–Crippen LogP) is 4.98. The van der Waals surface area contributed by atoms with Crippen LogP contribution in [0.1, 0.15) is 29.6 Å². The number of carbonyl (C=O) groups is 2. The van der Waals surface area contributed by atoms with Crippen LogP contribution in [-0.4, -0.2) is 60.0 Å². The largest absolute Gasteiger partial charge is 0.489 e. The molecular weight excluding hydrogens is 468 g/mol. The molecule has 1 N–H and O–H groups in total. The molecule has 2 aliphatic rings. The minimum atomic E-state index is -0.523. The van der Waals surface area contributed by atoms with Crippen molar-refractivity contribution in [3.8, 4) is 5.75 Å². The van der Waals surface area contributed by atoms with Crippen LogP contribution in [0.5, 0.6) is 5.75 Å². The Hall–Kier alpha value is -3.66. The van der Waals surface area contributed by atoms with Gasteiger partial charge in [0.2, 0.25) is 5.75 Å². The maximum atomic E-state index is 13.1. The van der Waals surface area contributed by atoms with Gasteiger partial charge in [-0.25, -0.2) is 4.79 Å². The fourth-order valence-electron chi connectivity index (χ4n) is 5.21. The molecule has 182 valence electrons. The van der Waals surface area contributed by atoms with Gasteiger partial charge >= 0.3 is 11.0 Å². The number of fused-ring (bicyclic) bond motifs is 1. The van der Waals surface area contributed by atoms with Crippen LogP contribution < -0.4 is 10.1 Å². The van der Waals surface area contributed by atoms with E-state index < -0.39 is 4.92 Å². The summed E-state index contributed by atoms with van der Waals surface area (Å²) in [6, 6.07) is 13.7. The maximum Gasteiger partial charge on any atom is 0.366 e. The number of nitrogens with one attached hydrogen (secondary N) is 1. The Morgan fingerprint density at radius 1 is 1.06 bits per heavy atom. The Balaban J connectivity index is 1.21. The number of carbonyl (C=O) groups excluding carboxylic acids is 2. The third-order valence-electron chi connectivity index (χ3n) is 7.20. The first kappa shape index (κ1) is 23.1. The van der Waals surface area contributed by atoms with Gasteiger partial charge in [0, 0.05) is 36.9 Å². The fraction of sp³-hybridized carbons (Fsp3) is 0.360. The van der Waals surface area contributed by atoms with E-state index in [9.17, 15) is 19.7 Å². The third-order valence-corrected chi connectivity index (χ3v) is 8.11. The molecule has 10 heteroatoms. The van der Waals surface area contributed by atoms with E-state index in [2.05, 4.69) is 5.32 Å². The highest BCUT2D eigenvalue weighted by Crippen LogP contribution is 2.43. The van der Waals surface area contributed by atoms with Gasteiger partial charge in [0.05, 0.1) is 23.3 Å². The predicted molar refractivity (Wildman–Crippen MR) is 134 cm³/mol. The van der Waals surface area contributed by atoms with Gasteiger partial charge in [-0.05, 0) is 36.1 Å². The minimum absolute atomic E-state index is 0.0332. The summed E-state index contributed by atoms with van der Waals surface area (Å²) in [7, 11) is 1.34. The molecule has 0 saturated carbocycles. The molecule has 0 bridgehead atoms. The fourth-order valence-corrected chi connectivity index (χ4v) is 6.03. The second kappa shape index (κ2) is 9.18. The molecule has 3 amide bonds. The van der Waals surface area contributed by atoms with Crippen molar-refractivity contribution in [3.05, 3.63) is 63.5 Å². The number of nitro groups is 1. The van der Waals surface area contributed by atoms with E-state index in [-0.39, 0.29) is 33.7 Å². The van der Waals surface area contributed by atoms with Crippen LogP contribution >= 0.6 is 11.3 Å². The van der Waals surface area contributed by atoms with Crippen molar-refractivity contribution >= 4 is 44.7 Å². The SMILES string of the molecule is COc1c(C(=O)N2CCC3(CCN(C(=O)Nc4cccc5ccccc45)CC3)C2)csc1[N+](=O)[O-]. The summed E-state index contributed by atoms with van der Waals surface area (Å²) < 4.78 is 5.18. The molecule has 1 spiro atoms. The van der Waals surface area contributed by atoms with Gasteiger partial charge in [-0.2, -0.15) is 0 Å². The first-order valence-electron chi connectivity index (χ1n) is 11.5. The molecule has 0 atom stereocenters. The van der Waals surface area contributed by atoms with Crippen molar-refractivity contribution in [3.63, 3.8) is 0 Å². The van der Waals surface area contributed by atoms with E-state index in [0.29, 0.717) is 26.2 Å². The smallest absolute Gasteiger partial charge is 0.366 e. The first-order chi connectivity index (χ1) is 16.9. The quantitative estimate of drug-likeness (QED) is 0.407. The number of nitrogens with zero attached hydrogens (tertiary/aromatic N) is 3. The standard InChI is InChI=1S/C25H26N4O5S/c1-34-21-19(15-35-23(21)29(32)33)22(30)28-14-11-25(16-28)9-12-27(13-10-25)24(31)26-20-8-4-6-17-5-2-3-7-18(17)20/h2-8,15H,9-14,16H2,1H3,(H,26,31). The summed E-state index contributed by atoms with van der Waals surface area (Å²) in [6.07, 6.45) is 2.47. The minimum Gasteiger partial charge on any atom is -0.489 e. The molecule has 2 fully saturated rings. The average molecular weight is 495 g/mol. The summed E-state index contributed by atoms with van der Waals surface area (Å²) in [5.41, 5.74) is 0.999. The number of thiophene rings is 1. The van der Waals surface area contributed by atoms with Crippen LogP contribution in [0, 0.1) is 15.5 Å². The zero-order valence-electron chi connectivity index (χ0n) is 19.4. The highest BCUT2D eigenvalue weighted by molar-refractivity contribution is 7.14. The number of hydrogen-bond donors (Lipinski definition) is 1. The van der Waals surface area contributed by atoms with E-state index in [0.717, 1.165) is 47.1 Å². The third kappa shape index (κ3) is 4.29. The highest BCUT2D eigenvalue weighted by Gasteiger charge is 2.44. The highest BCUT2D eigenvalue weighted by atomic mass is 32.1. The Kier molecular flexibility index (Phi) is 6.06. The zero-order valence-corrected chi connectivity index (χ0v) is 20.2. The van der Waals surface area contributed by atoms with Gasteiger partial charge in [0.1, 0.15) is 0 Å². The van der Waals surface area contributed by atoms with Gasteiger partial charge in [-0.3, -0.25) is 14.9 Å². The summed E-state index contributed by atoms with van der Waals surface area (Å²) in [5, 5.41) is 17.7. The molecule has 3 aromatic rings. The molecule has 0 aliphatic carbocycles. The molecule has 5 rings (SSSR count). The van der Waals surface area contributed by atoms with E-state index >= 15 is 0 Å². The molecule has 9 nitrogen and oxygen atoms in total. The Morgan fingerprint density at radius 2 is 1.74 bits per heavy atom. The molecule has 1 aromatic heterocycles. The van der Waals surface area contributed by atoms with E-state index in [1.54, 1.807) is 4.90 Å². The van der Waals surface area contributed by atoms with Crippen LogP contribution in [-0.2, 0) is 0 Å². The Bertz CT molecular complexity index is 1290. The lowest BCUT2D eigenvalue weighted by Gasteiger charge is -2.39. The number of likely N-dealkylation sites (tertiary alicyclic amines) is 2. The maximum absolute atomic E-state index is 13.1. The molecule has 0 radical (unpaired) electrons. The van der Waals surface area contributed by atoms with Crippen molar-refractivity contribution < 1.29 is 19.2 Å². The first-order valence-corrected chi connectivity index (χ1v) is 12.4. The van der Waals surface area contributed by atoms with E-state index in [1.807, 2.05) is 47.4 Å². The van der Waals surface area contributed by atoms with Gasteiger partial charge in [-0.15, -0.1) is 0 Å². The number of benzene rings is 2. The van der Waals surface area contributed by atoms with Crippen molar-refractivity contribution in [2.45, 2.75) is 19.3 Å². The van der Waals surface area contributed by atoms with Crippen LogP contribution in [0.4, 0.5) is 15.5 Å². The number of ether oxygens (including phenoxy) is 1. The van der Waals surface area contributed by atoms with Crippen LogP contribution in [0.15, 0.2) is 47.8 Å². The molecule has 0 unspecified atom stereocenters. The van der Waals surface area contributed by atoms with Crippen molar-refractivity contribution in [1.82, 2.24) is 9.80 Å². The number of urea groups is 1. The van der Waals surface area contributed by atoms with Crippen molar-refractivity contribution in [2.24, 2.45) is 5.41 Å². The number of rotatable bonds is 4. The molecule has 2 aromatic carbocycles. The van der Waals surface area contributed by atoms with Crippen LogP contribution in [0.3, 0.4) is 0 Å². The van der Waals surface area contributed by atoms with Gasteiger partial charge in [0.25, 0.3) is 5.91 Å². The molecular formula is C25H26N4O5S. The van der Waals surface area contributed by atoms with E-state index in [4.69, 9.17) is 4.74 Å². The monoisotopic (exact) mass is 494 g/mol. The average Bonchev–Trinajstić information content (AvgIpc) is 3.49. The van der Waals surface area contributed by atoms with Crippen LogP contribution in [0.25, 0.3) is 10.8 Å². The lowest BCUT2D eigenvalue weighted by molar-refractivity contribution is -0.381. The number of anilines is 1. The summed E-state index contributed by atoms with van der Waals surface area (Å²) in [5.74, 6) is -0.204. The molecule has 2 aliphatic heterocycles. The van der Waals surface area contributed by atoms with Gasteiger partial charge in [0.15, 0.2) is 0 Å². The lowest BCUT2D eigenvalue weighted by atomic mass is 9.78. The Labute approximate surface area is 206 Å². The molecule has 2 saturated heterocycles. The topological polar surface area (TPSA) is 105 Å². The lowest BCUT2D eigenvalue weighted by Crippen LogP contribution is -2.46. The second-order valence-corrected chi connectivity index (χ2v) is 10.0. The summed E-state index contributed by atoms with van der Waals surface area (Å²) in [4.78, 5) is 40.4. The van der Waals surface area contributed by atoms with Crippen LogP contribution in [0.2, 0.25) is 0 Å².